The van der Waals surface area contributed by atoms with Gasteiger partial charge in [-0.05, 0) is 26.2 Å². The standard InChI is InChI=1S/C12H16N4OS/c1-16(2)3-4-18-11-6-10-8(5-9(11)13)12(17)15-7-14-10/h5-7H,3-4,13H2,1-2H3,(H,14,15,17). The number of anilines is 1. The van der Waals surface area contributed by atoms with Crippen molar-refractivity contribution in [2.75, 3.05) is 32.1 Å². The molecule has 1 heterocycles. The number of rotatable bonds is 4. The first-order valence-electron chi connectivity index (χ1n) is 5.62. The van der Waals surface area contributed by atoms with Gasteiger partial charge in [-0.25, -0.2) is 4.98 Å². The number of benzene rings is 1. The Balaban J connectivity index is 2.29. The van der Waals surface area contributed by atoms with Crippen LogP contribution in [0, 0.1) is 0 Å². The number of nitrogens with one attached hydrogen (secondary N) is 1. The van der Waals surface area contributed by atoms with E-state index >= 15 is 0 Å². The third kappa shape index (κ3) is 2.83. The highest BCUT2D eigenvalue weighted by Crippen LogP contribution is 2.27. The first-order valence-corrected chi connectivity index (χ1v) is 6.61. The lowest BCUT2D eigenvalue weighted by Gasteiger charge is -2.10. The van der Waals surface area contributed by atoms with Gasteiger partial charge in [0.05, 0.1) is 17.2 Å². The van der Waals surface area contributed by atoms with E-state index in [0.717, 1.165) is 17.2 Å². The van der Waals surface area contributed by atoms with Gasteiger partial charge in [-0.1, -0.05) is 0 Å². The van der Waals surface area contributed by atoms with Crippen LogP contribution in [-0.2, 0) is 0 Å². The van der Waals surface area contributed by atoms with Gasteiger partial charge in [-0.3, -0.25) is 4.79 Å². The average molecular weight is 264 g/mol. The van der Waals surface area contributed by atoms with Crippen molar-refractivity contribution in [2.45, 2.75) is 4.90 Å². The van der Waals surface area contributed by atoms with Gasteiger partial charge in [-0.15, -0.1) is 11.8 Å². The summed E-state index contributed by atoms with van der Waals surface area (Å²) in [7, 11) is 4.07. The fourth-order valence-electron chi connectivity index (χ4n) is 1.58. The van der Waals surface area contributed by atoms with E-state index in [4.69, 9.17) is 5.73 Å². The van der Waals surface area contributed by atoms with E-state index in [-0.39, 0.29) is 5.56 Å². The molecule has 0 aliphatic carbocycles. The molecule has 96 valence electrons. The van der Waals surface area contributed by atoms with Crippen molar-refractivity contribution in [2.24, 2.45) is 0 Å². The molecule has 0 aliphatic heterocycles. The molecule has 2 rings (SSSR count). The second-order valence-corrected chi connectivity index (χ2v) is 5.43. The SMILES string of the molecule is CN(C)CCSc1cc2nc[nH]c(=O)c2cc1N. The molecule has 5 nitrogen and oxygen atoms in total. The molecule has 18 heavy (non-hydrogen) atoms. The number of thioether (sulfide) groups is 1. The molecule has 0 fully saturated rings. The van der Waals surface area contributed by atoms with Crippen molar-refractivity contribution >= 4 is 28.4 Å². The lowest BCUT2D eigenvalue weighted by Crippen LogP contribution is -2.14. The van der Waals surface area contributed by atoms with Crippen molar-refractivity contribution in [3.63, 3.8) is 0 Å². The van der Waals surface area contributed by atoms with Crippen molar-refractivity contribution in [1.82, 2.24) is 14.9 Å². The van der Waals surface area contributed by atoms with Crippen LogP contribution >= 0.6 is 11.8 Å². The molecule has 1 aromatic carbocycles. The molecule has 0 spiro atoms. The summed E-state index contributed by atoms with van der Waals surface area (Å²) < 4.78 is 0. The van der Waals surface area contributed by atoms with Crippen LogP contribution in [0.15, 0.2) is 28.2 Å². The van der Waals surface area contributed by atoms with Gasteiger partial charge in [0.25, 0.3) is 5.56 Å². The fraction of sp³-hybridized carbons (Fsp3) is 0.333. The predicted octanol–water partition coefficient (Wildman–Crippen LogP) is 1.16. The first-order chi connectivity index (χ1) is 8.58. The molecule has 0 saturated carbocycles. The average Bonchev–Trinajstić information content (AvgIpc) is 2.31. The number of H-pyrrole nitrogens is 1. The van der Waals surface area contributed by atoms with E-state index in [0.29, 0.717) is 16.6 Å². The molecule has 0 unspecified atom stereocenters. The molecule has 2 aromatic rings. The van der Waals surface area contributed by atoms with Crippen LogP contribution < -0.4 is 11.3 Å². The zero-order chi connectivity index (χ0) is 13.1. The Hall–Kier alpha value is -1.53. The summed E-state index contributed by atoms with van der Waals surface area (Å²) in [6, 6.07) is 3.57. The maximum absolute atomic E-state index is 11.6. The Morgan fingerprint density at radius 3 is 2.94 bits per heavy atom. The summed E-state index contributed by atoms with van der Waals surface area (Å²) in [6.07, 6.45) is 1.41. The normalized spacial score (nSPS) is 11.3. The number of nitrogens with two attached hydrogens (primary N) is 1. The number of hydrogen-bond acceptors (Lipinski definition) is 5. The van der Waals surface area contributed by atoms with Crippen LogP contribution in [0.4, 0.5) is 5.69 Å². The molecule has 1 aromatic heterocycles. The van der Waals surface area contributed by atoms with E-state index in [9.17, 15) is 4.79 Å². The summed E-state index contributed by atoms with van der Waals surface area (Å²) in [5, 5.41) is 0.534. The number of nitrogen functional groups attached to an aromatic ring is 1. The largest absolute Gasteiger partial charge is 0.398 e. The first kappa shape index (κ1) is 12.9. The molecule has 0 bridgehead atoms. The molecule has 0 aliphatic rings. The monoisotopic (exact) mass is 264 g/mol. The lowest BCUT2D eigenvalue weighted by molar-refractivity contribution is 0.437. The molecule has 0 amide bonds. The van der Waals surface area contributed by atoms with Gasteiger partial charge < -0.3 is 15.6 Å². The summed E-state index contributed by atoms with van der Waals surface area (Å²) in [5.41, 5.74) is 7.11. The second kappa shape index (κ2) is 5.41. The summed E-state index contributed by atoms with van der Waals surface area (Å²) >= 11 is 1.68. The van der Waals surface area contributed by atoms with Crippen molar-refractivity contribution in [3.8, 4) is 0 Å². The van der Waals surface area contributed by atoms with Crippen LogP contribution in [0.25, 0.3) is 10.9 Å². The molecule has 3 N–H and O–H groups in total. The number of fused-ring (bicyclic) bond motifs is 1. The number of hydrogen-bond donors (Lipinski definition) is 2. The highest BCUT2D eigenvalue weighted by atomic mass is 32.2. The summed E-state index contributed by atoms with van der Waals surface area (Å²) in [5.74, 6) is 0.950. The molecule has 6 heteroatoms. The maximum Gasteiger partial charge on any atom is 0.258 e. The highest BCUT2D eigenvalue weighted by Gasteiger charge is 2.06. The number of aromatic nitrogens is 2. The quantitative estimate of drug-likeness (QED) is 0.640. The van der Waals surface area contributed by atoms with Crippen LogP contribution in [0.2, 0.25) is 0 Å². The minimum atomic E-state index is -0.156. The fourth-order valence-corrected chi connectivity index (χ4v) is 2.67. The van der Waals surface area contributed by atoms with Crippen LogP contribution in [0.1, 0.15) is 0 Å². The van der Waals surface area contributed by atoms with Crippen LogP contribution in [0.3, 0.4) is 0 Å². The highest BCUT2D eigenvalue weighted by molar-refractivity contribution is 7.99. The molecular weight excluding hydrogens is 248 g/mol. The van der Waals surface area contributed by atoms with E-state index in [1.54, 1.807) is 17.8 Å². The van der Waals surface area contributed by atoms with Crippen molar-refractivity contribution < 1.29 is 0 Å². The topological polar surface area (TPSA) is 75.0 Å². The van der Waals surface area contributed by atoms with Gasteiger partial charge >= 0.3 is 0 Å². The van der Waals surface area contributed by atoms with E-state index < -0.39 is 0 Å². The molecule has 0 atom stereocenters. The Bertz CT molecular complexity index is 609. The zero-order valence-corrected chi connectivity index (χ0v) is 11.3. The molecular formula is C12H16N4OS. The van der Waals surface area contributed by atoms with Gasteiger partial charge in [0.15, 0.2) is 0 Å². The smallest absolute Gasteiger partial charge is 0.258 e. The maximum atomic E-state index is 11.6. The Morgan fingerprint density at radius 2 is 2.22 bits per heavy atom. The molecule has 0 radical (unpaired) electrons. The Kier molecular flexibility index (Phi) is 3.88. The van der Waals surface area contributed by atoms with Gasteiger partial charge in [0.2, 0.25) is 0 Å². The van der Waals surface area contributed by atoms with E-state index in [1.165, 1.54) is 6.33 Å². The summed E-state index contributed by atoms with van der Waals surface area (Å²) in [6.45, 7) is 0.977. The van der Waals surface area contributed by atoms with Crippen LogP contribution in [0.5, 0.6) is 0 Å². The van der Waals surface area contributed by atoms with Crippen LogP contribution in [-0.4, -0.2) is 41.3 Å². The minimum Gasteiger partial charge on any atom is -0.398 e. The Labute approximate surface area is 109 Å². The number of nitrogens with zero attached hydrogens (tertiary/aromatic N) is 2. The van der Waals surface area contributed by atoms with Crippen molar-refractivity contribution in [3.05, 3.63) is 28.8 Å². The third-order valence-electron chi connectivity index (χ3n) is 2.57. The molecule has 0 saturated heterocycles. The van der Waals surface area contributed by atoms with Gasteiger partial charge in [0.1, 0.15) is 0 Å². The summed E-state index contributed by atoms with van der Waals surface area (Å²) in [4.78, 5) is 21.4. The minimum absolute atomic E-state index is 0.156. The second-order valence-electron chi connectivity index (χ2n) is 4.29. The lowest BCUT2D eigenvalue weighted by atomic mass is 10.2. The Morgan fingerprint density at radius 1 is 1.44 bits per heavy atom. The zero-order valence-electron chi connectivity index (χ0n) is 10.4. The number of aromatic amines is 1. The predicted molar refractivity (Wildman–Crippen MR) is 76.1 cm³/mol. The van der Waals surface area contributed by atoms with Crippen molar-refractivity contribution in [1.29, 1.82) is 0 Å². The third-order valence-corrected chi connectivity index (χ3v) is 3.62. The van der Waals surface area contributed by atoms with Gasteiger partial charge in [-0.2, -0.15) is 0 Å². The van der Waals surface area contributed by atoms with E-state index in [2.05, 4.69) is 14.9 Å². The van der Waals surface area contributed by atoms with Gasteiger partial charge in [0, 0.05) is 22.9 Å². The van der Waals surface area contributed by atoms with E-state index in [1.807, 2.05) is 20.2 Å².